The summed E-state index contributed by atoms with van der Waals surface area (Å²) in [5.74, 6) is 0.774. The Kier molecular flexibility index (Phi) is 7.24. The van der Waals surface area contributed by atoms with Gasteiger partial charge in [-0.15, -0.1) is 0 Å². The number of para-hydroxylation sites is 1. The Labute approximate surface area is 161 Å². The monoisotopic (exact) mass is 374 g/mol. The predicted molar refractivity (Wildman–Crippen MR) is 105 cm³/mol. The van der Waals surface area contributed by atoms with E-state index >= 15 is 0 Å². The number of nitrogens with zero attached hydrogens (tertiary/aromatic N) is 3. The number of nitrogens with one attached hydrogen (secondary N) is 1. The van der Waals surface area contributed by atoms with Crippen molar-refractivity contribution >= 4 is 6.03 Å². The molecule has 27 heavy (non-hydrogen) atoms. The van der Waals surface area contributed by atoms with Crippen LogP contribution in [0.15, 0.2) is 24.3 Å². The van der Waals surface area contributed by atoms with E-state index in [1.54, 1.807) is 26.2 Å². The Morgan fingerprint density at radius 2 is 2.00 bits per heavy atom. The molecule has 0 saturated carbocycles. The molecule has 0 spiro atoms. The lowest BCUT2D eigenvalue weighted by atomic mass is 10.1. The maximum absolute atomic E-state index is 12.7. The highest BCUT2D eigenvalue weighted by Gasteiger charge is 2.21. The summed E-state index contributed by atoms with van der Waals surface area (Å²) in [6, 6.07) is 7.48. The number of amides is 2. The lowest BCUT2D eigenvalue weighted by molar-refractivity contribution is 0.182. The first-order valence-corrected chi connectivity index (χ1v) is 9.06. The second-order valence-electron chi connectivity index (χ2n) is 6.55. The molecule has 1 aromatic heterocycles. The van der Waals surface area contributed by atoms with Gasteiger partial charge in [-0.05, 0) is 26.8 Å². The summed E-state index contributed by atoms with van der Waals surface area (Å²) in [6.07, 6.45) is 0. The van der Waals surface area contributed by atoms with Gasteiger partial charge in [-0.2, -0.15) is 5.10 Å². The number of benzene rings is 1. The third-order valence-corrected chi connectivity index (χ3v) is 4.95. The van der Waals surface area contributed by atoms with Crippen molar-refractivity contribution in [2.75, 3.05) is 27.9 Å². The minimum absolute atomic E-state index is 0.118. The highest BCUT2D eigenvalue weighted by molar-refractivity contribution is 5.74. The van der Waals surface area contributed by atoms with E-state index in [1.807, 2.05) is 49.7 Å². The summed E-state index contributed by atoms with van der Waals surface area (Å²) in [7, 11) is 5.10. The van der Waals surface area contributed by atoms with Crippen molar-refractivity contribution in [3.05, 3.63) is 46.8 Å². The molecular weight excluding hydrogens is 344 g/mol. The SMILES string of the molecule is COCCn1nc(C)c(CNC(=O)N(C)C(C)c2ccccc2OC)c1C. The smallest absolute Gasteiger partial charge is 0.317 e. The van der Waals surface area contributed by atoms with E-state index in [1.165, 1.54) is 0 Å². The van der Waals surface area contributed by atoms with Crippen LogP contribution in [-0.2, 0) is 17.8 Å². The van der Waals surface area contributed by atoms with E-state index in [2.05, 4.69) is 10.4 Å². The molecule has 2 amide bonds. The average molecular weight is 374 g/mol. The molecule has 1 unspecified atom stereocenters. The molecule has 7 nitrogen and oxygen atoms in total. The molecule has 1 N–H and O–H groups in total. The number of aryl methyl sites for hydroxylation is 1. The lowest BCUT2D eigenvalue weighted by Gasteiger charge is -2.26. The largest absolute Gasteiger partial charge is 0.496 e. The Balaban J connectivity index is 2.04. The fourth-order valence-electron chi connectivity index (χ4n) is 3.07. The van der Waals surface area contributed by atoms with Gasteiger partial charge in [0, 0.05) is 37.5 Å². The molecule has 7 heteroatoms. The van der Waals surface area contributed by atoms with Gasteiger partial charge in [-0.1, -0.05) is 18.2 Å². The predicted octanol–water partition coefficient (Wildman–Crippen LogP) is 3.06. The number of hydrogen-bond acceptors (Lipinski definition) is 4. The maximum atomic E-state index is 12.7. The zero-order chi connectivity index (χ0) is 20.0. The van der Waals surface area contributed by atoms with Crippen LogP contribution in [0.3, 0.4) is 0 Å². The number of rotatable bonds is 8. The molecule has 0 fully saturated rings. The summed E-state index contributed by atoms with van der Waals surface area (Å²) in [5, 5.41) is 7.53. The number of ether oxygens (including phenoxy) is 2. The van der Waals surface area contributed by atoms with Crippen LogP contribution in [-0.4, -0.2) is 48.6 Å². The van der Waals surface area contributed by atoms with Gasteiger partial charge in [0.25, 0.3) is 0 Å². The first kappa shape index (κ1) is 20.8. The molecule has 0 radical (unpaired) electrons. The summed E-state index contributed by atoms with van der Waals surface area (Å²) in [6.45, 7) is 7.69. The van der Waals surface area contributed by atoms with Crippen molar-refractivity contribution in [1.82, 2.24) is 20.0 Å². The molecule has 0 saturated heterocycles. The van der Waals surface area contributed by atoms with Gasteiger partial charge in [0.05, 0.1) is 32.0 Å². The molecule has 0 bridgehead atoms. The highest BCUT2D eigenvalue weighted by Crippen LogP contribution is 2.28. The van der Waals surface area contributed by atoms with Crippen LogP contribution in [0, 0.1) is 13.8 Å². The summed E-state index contributed by atoms with van der Waals surface area (Å²) >= 11 is 0. The summed E-state index contributed by atoms with van der Waals surface area (Å²) in [5.41, 5.74) is 3.98. The van der Waals surface area contributed by atoms with Crippen LogP contribution in [0.4, 0.5) is 4.79 Å². The number of methoxy groups -OCH3 is 2. The van der Waals surface area contributed by atoms with Crippen LogP contribution in [0.25, 0.3) is 0 Å². The van der Waals surface area contributed by atoms with Gasteiger partial charge in [-0.25, -0.2) is 4.79 Å². The minimum Gasteiger partial charge on any atom is -0.496 e. The van der Waals surface area contributed by atoms with Crippen LogP contribution >= 0.6 is 0 Å². The first-order chi connectivity index (χ1) is 12.9. The van der Waals surface area contributed by atoms with E-state index in [0.29, 0.717) is 19.7 Å². The van der Waals surface area contributed by atoms with Crippen LogP contribution in [0.1, 0.15) is 35.5 Å². The molecule has 2 rings (SSSR count). The van der Waals surface area contributed by atoms with Crippen molar-refractivity contribution in [1.29, 1.82) is 0 Å². The third-order valence-electron chi connectivity index (χ3n) is 4.95. The van der Waals surface area contributed by atoms with Crippen molar-refractivity contribution in [3.63, 3.8) is 0 Å². The standard InChI is InChI=1S/C20H30N4O3/c1-14-18(16(3)24(22-14)11-12-26-5)13-21-20(25)23(4)15(2)17-9-7-8-10-19(17)27-6/h7-10,15H,11-13H2,1-6H3,(H,21,25). The second kappa shape index (κ2) is 9.41. The van der Waals surface area contributed by atoms with E-state index in [-0.39, 0.29) is 12.1 Å². The van der Waals surface area contributed by atoms with Crippen LogP contribution in [0.2, 0.25) is 0 Å². The van der Waals surface area contributed by atoms with Crippen molar-refractivity contribution in [3.8, 4) is 5.75 Å². The number of carbonyl (C=O) groups excluding carboxylic acids is 1. The van der Waals surface area contributed by atoms with Gasteiger partial charge in [0.2, 0.25) is 0 Å². The second-order valence-corrected chi connectivity index (χ2v) is 6.55. The van der Waals surface area contributed by atoms with E-state index < -0.39 is 0 Å². The zero-order valence-electron chi connectivity index (χ0n) is 17.1. The Bertz CT molecular complexity index is 773. The van der Waals surface area contributed by atoms with Gasteiger partial charge >= 0.3 is 6.03 Å². The number of urea groups is 1. The van der Waals surface area contributed by atoms with Gasteiger partial charge in [-0.3, -0.25) is 4.68 Å². The Morgan fingerprint density at radius 3 is 2.67 bits per heavy atom. The molecule has 0 aliphatic heterocycles. The molecule has 0 aliphatic rings. The topological polar surface area (TPSA) is 68.6 Å². The number of carbonyl (C=O) groups is 1. The first-order valence-electron chi connectivity index (χ1n) is 9.06. The Hall–Kier alpha value is -2.54. The molecule has 148 valence electrons. The highest BCUT2D eigenvalue weighted by atomic mass is 16.5. The van der Waals surface area contributed by atoms with E-state index in [4.69, 9.17) is 9.47 Å². The molecule has 1 atom stereocenters. The van der Waals surface area contributed by atoms with Crippen molar-refractivity contribution in [2.45, 2.75) is 39.9 Å². The Morgan fingerprint density at radius 1 is 1.30 bits per heavy atom. The summed E-state index contributed by atoms with van der Waals surface area (Å²) in [4.78, 5) is 14.3. The minimum atomic E-state index is -0.142. The third kappa shape index (κ3) is 4.80. The number of aromatic nitrogens is 2. The fraction of sp³-hybridized carbons (Fsp3) is 0.500. The van der Waals surface area contributed by atoms with Gasteiger partial charge in [0.15, 0.2) is 0 Å². The lowest BCUT2D eigenvalue weighted by Crippen LogP contribution is -2.38. The zero-order valence-corrected chi connectivity index (χ0v) is 17.1. The maximum Gasteiger partial charge on any atom is 0.317 e. The quantitative estimate of drug-likeness (QED) is 0.771. The molecule has 0 aliphatic carbocycles. The van der Waals surface area contributed by atoms with E-state index in [0.717, 1.165) is 28.3 Å². The van der Waals surface area contributed by atoms with Crippen LogP contribution in [0.5, 0.6) is 5.75 Å². The number of hydrogen-bond donors (Lipinski definition) is 1. The van der Waals surface area contributed by atoms with Crippen molar-refractivity contribution < 1.29 is 14.3 Å². The average Bonchev–Trinajstić information content (AvgIpc) is 2.96. The molecule has 1 heterocycles. The van der Waals surface area contributed by atoms with Gasteiger partial charge < -0.3 is 19.7 Å². The molecular formula is C20H30N4O3. The van der Waals surface area contributed by atoms with Crippen LogP contribution < -0.4 is 10.1 Å². The molecule has 2 aromatic rings. The van der Waals surface area contributed by atoms with Crippen molar-refractivity contribution in [2.24, 2.45) is 0 Å². The van der Waals surface area contributed by atoms with E-state index in [9.17, 15) is 4.79 Å². The summed E-state index contributed by atoms with van der Waals surface area (Å²) < 4.78 is 12.4. The normalized spacial score (nSPS) is 11.9. The molecule has 1 aromatic carbocycles. The van der Waals surface area contributed by atoms with Gasteiger partial charge in [0.1, 0.15) is 5.75 Å². The fourth-order valence-corrected chi connectivity index (χ4v) is 3.07.